The molecule has 0 fully saturated rings. The van der Waals surface area contributed by atoms with Gasteiger partial charge < -0.3 is 18.9 Å². The molecule has 6 nitrogen and oxygen atoms in total. The predicted octanol–water partition coefficient (Wildman–Crippen LogP) is 5.60. The number of Topliss-reactive ketones (excluding diaryl/α,β-unsaturated/α-hetero) is 1. The zero-order valence-corrected chi connectivity index (χ0v) is 18.8. The lowest BCUT2D eigenvalue weighted by atomic mass is 9.84. The molecule has 3 aliphatic rings. The lowest BCUT2D eigenvalue weighted by Crippen LogP contribution is -2.21. The van der Waals surface area contributed by atoms with Crippen LogP contribution in [0.15, 0.2) is 60.4 Å². The zero-order chi connectivity index (χ0) is 23.4. The molecule has 0 spiro atoms. The van der Waals surface area contributed by atoms with Gasteiger partial charge in [-0.25, -0.2) is 0 Å². The molecule has 0 saturated heterocycles. The average molecular weight is 454 g/mol. The Morgan fingerprint density at radius 1 is 0.882 bits per heavy atom. The molecule has 1 atom stereocenters. The smallest absolute Gasteiger partial charge is 0.312 e. The number of allylic oxidation sites excluding steroid dienone is 1. The maximum Gasteiger partial charge on any atom is 0.312 e. The number of hydrogen-bond donors (Lipinski definition) is 0. The van der Waals surface area contributed by atoms with Crippen LogP contribution >= 0.6 is 0 Å². The topological polar surface area (TPSA) is 71.1 Å². The van der Waals surface area contributed by atoms with Crippen molar-refractivity contribution in [3.8, 4) is 23.0 Å². The third-order valence-electron chi connectivity index (χ3n) is 6.48. The van der Waals surface area contributed by atoms with Gasteiger partial charge in [-0.2, -0.15) is 0 Å². The van der Waals surface area contributed by atoms with Gasteiger partial charge >= 0.3 is 5.97 Å². The van der Waals surface area contributed by atoms with E-state index in [1.54, 1.807) is 18.2 Å². The number of carbonyl (C=O) groups is 2. The standard InChI is InChI=1S/C28H22O6/c1-15(2)17-5-3-16(4-6-17)11-24-27(30)19-8-10-22-26(28(19)34-24)20(13-25(29)33-22)18-7-9-21-23(12-18)32-14-31-21/h3-12,15,20H,13-14H2,1-2H3/b24-11-/t20-/m1/s1. The van der Waals surface area contributed by atoms with E-state index in [1.807, 2.05) is 30.3 Å². The van der Waals surface area contributed by atoms with Crippen LogP contribution in [-0.2, 0) is 4.79 Å². The molecule has 0 bridgehead atoms. The SMILES string of the molecule is CC(C)c1ccc(/C=C2\Oc3c(ccc4c3[C@@H](c3ccc5c(c3)OCO5)CC(=O)O4)C2=O)cc1. The third kappa shape index (κ3) is 3.34. The summed E-state index contributed by atoms with van der Waals surface area (Å²) in [6.07, 6.45) is 1.89. The summed E-state index contributed by atoms with van der Waals surface area (Å²) in [5.74, 6) is 1.98. The van der Waals surface area contributed by atoms with E-state index in [-0.39, 0.29) is 36.6 Å². The molecule has 6 heteroatoms. The number of esters is 1. The van der Waals surface area contributed by atoms with Crippen molar-refractivity contribution in [1.82, 2.24) is 0 Å². The van der Waals surface area contributed by atoms with Crippen LogP contribution in [0.5, 0.6) is 23.0 Å². The average Bonchev–Trinajstić information content (AvgIpc) is 3.42. The van der Waals surface area contributed by atoms with Crippen LogP contribution in [0, 0.1) is 0 Å². The van der Waals surface area contributed by atoms with Gasteiger partial charge in [-0.05, 0) is 52.9 Å². The molecule has 0 unspecified atom stereocenters. The minimum Gasteiger partial charge on any atom is -0.454 e. The Hall–Kier alpha value is -4.06. The van der Waals surface area contributed by atoms with Crippen LogP contribution in [0.1, 0.15) is 64.7 Å². The highest BCUT2D eigenvalue weighted by Crippen LogP contribution is 2.50. The summed E-state index contributed by atoms with van der Waals surface area (Å²) in [4.78, 5) is 25.6. The van der Waals surface area contributed by atoms with Gasteiger partial charge in [0.1, 0.15) is 11.5 Å². The second kappa shape index (κ2) is 7.76. The molecular weight excluding hydrogens is 432 g/mol. The maximum atomic E-state index is 13.2. The highest BCUT2D eigenvalue weighted by molar-refractivity contribution is 6.15. The fourth-order valence-electron chi connectivity index (χ4n) is 4.65. The minimum absolute atomic E-state index is 0.135. The monoisotopic (exact) mass is 454 g/mol. The van der Waals surface area contributed by atoms with Crippen LogP contribution in [-0.4, -0.2) is 18.5 Å². The molecule has 0 radical (unpaired) electrons. The molecule has 3 aromatic rings. The Kier molecular flexibility index (Phi) is 4.69. The number of ketones is 1. The first-order valence-electron chi connectivity index (χ1n) is 11.3. The molecule has 0 N–H and O–H groups in total. The summed E-state index contributed by atoms with van der Waals surface area (Å²) in [5, 5.41) is 0. The van der Waals surface area contributed by atoms with E-state index in [0.717, 1.165) is 11.1 Å². The van der Waals surface area contributed by atoms with E-state index in [0.29, 0.717) is 40.0 Å². The Balaban J connectivity index is 1.40. The van der Waals surface area contributed by atoms with E-state index in [4.69, 9.17) is 18.9 Å². The van der Waals surface area contributed by atoms with Gasteiger partial charge in [0, 0.05) is 11.5 Å². The van der Waals surface area contributed by atoms with Crippen molar-refractivity contribution in [3.63, 3.8) is 0 Å². The molecule has 34 heavy (non-hydrogen) atoms. The van der Waals surface area contributed by atoms with Crippen LogP contribution in [0.2, 0.25) is 0 Å². The Morgan fingerprint density at radius 2 is 1.65 bits per heavy atom. The first kappa shape index (κ1) is 20.5. The van der Waals surface area contributed by atoms with Crippen molar-refractivity contribution in [1.29, 1.82) is 0 Å². The second-order valence-corrected chi connectivity index (χ2v) is 8.96. The van der Waals surface area contributed by atoms with Crippen molar-refractivity contribution in [3.05, 3.63) is 88.2 Å². The number of fused-ring (bicyclic) bond motifs is 4. The molecule has 0 saturated carbocycles. The summed E-state index contributed by atoms with van der Waals surface area (Å²) >= 11 is 0. The van der Waals surface area contributed by atoms with Crippen LogP contribution in [0.3, 0.4) is 0 Å². The van der Waals surface area contributed by atoms with E-state index in [2.05, 4.69) is 26.0 Å². The highest BCUT2D eigenvalue weighted by atomic mass is 16.7. The molecule has 0 aliphatic carbocycles. The summed E-state index contributed by atoms with van der Waals surface area (Å²) in [5.41, 5.74) is 4.14. The summed E-state index contributed by atoms with van der Waals surface area (Å²) < 4.78 is 22.6. The van der Waals surface area contributed by atoms with Crippen molar-refractivity contribution < 1.29 is 28.5 Å². The molecule has 3 aromatic carbocycles. The van der Waals surface area contributed by atoms with Crippen molar-refractivity contribution in [2.24, 2.45) is 0 Å². The Labute approximate surface area is 196 Å². The molecule has 3 aliphatic heterocycles. The van der Waals surface area contributed by atoms with Gasteiger partial charge in [0.05, 0.1) is 12.0 Å². The van der Waals surface area contributed by atoms with Gasteiger partial charge in [-0.15, -0.1) is 0 Å². The molecule has 0 aromatic heterocycles. The normalized spacial score (nSPS) is 19.1. The number of benzene rings is 3. The fraction of sp³-hybridized carbons (Fsp3) is 0.214. The predicted molar refractivity (Wildman–Crippen MR) is 125 cm³/mol. The van der Waals surface area contributed by atoms with Gasteiger partial charge in [-0.3, -0.25) is 9.59 Å². The van der Waals surface area contributed by atoms with E-state index >= 15 is 0 Å². The van der Waals surface area contributed by atoms with Crippen LogP contribution in [0.25, 0.3) is 6.08 Å². The number of hydrogen-bond acceptors (Lipinski definition) is 6. The first-order chi connectivity index (χ1) is 16.5. The number of rotatable bonds is 3. The van der Waals surface area contributed by atoms with Crippen LogP contribution < -0.4 is 18.9 Å². The molecular formula is C28H22O6. The molecule has 6 rings (SSSR count). The lowest BCUT2D eigenvalue weighted by molar-refractivity contribution is -0.135. The first-order valence-corrected chi connectivity index (χ1v) is 11.3. The van der Waals surface area contributed by atoms with Gasteiger partial charge in [-0.1, -0.05) is 44.2 Å². The highest BCUT2D eigenvalue weighted by Gasteiger charge is 2.38. The molecule has 0 amide bonds. The minimum atomic E-state index is -0.335. The fourth-order valence-corrected chi connectivity index (χ4v) is 4.65. The van der Waals surface area contributed by atoms with E-state index < -0.39 is 0 Å². The maximum absolute atomic E-state index is 13.2. The van der Waals surface area contributed by atoms with Crippen molar-refractivity contribution in [2.75, 3.05) is 6.79 Å². The second-order valence-electron chi connectivity index (χ2n) is 8.96. The third-order valence-corrected chi connectivity index (χ3v) is 6.48. The van der Waals surface area contributed by atoms with Gasteiger partial charge in [0.15, 0.2) is 17.3 Å². The number of carbonyl (C=O) groups excluding carboxylic acids is 2. The van der Waals surface area contributed by atoms with Gasteiger partial charge in [0.2, 0.25) is 12.6 Å². The zero-order valence-electron chi connectivity index (χ0n) is 18.8. The molecule has 170 valence electrons. The summed E-state index contributed by atoms with van der Waals surface area (Å²) in [6.45, 7) is 4.45. The summed E-state index contributed by atoms with van der Waals surface area (Å²) in [6, 6.07) is 17.0. The van der Waals surface area contributed by atoms with E-state index in [1.165, 1.54) is 5.56 Å². The molecule has 3 heterocycles. The summed E-state index contributed by atoms with van der Waals surface area (Å²) in [7, 11) is 0. The van der Waals surface area contributed by atoms with Gasteiger partial charge in [0.25, 0.3) is 0 Å². The number of ether oxygens (including phenoxy) is 4. The quantitative estimate of drug-likeness (QED) is 0.292. The van der Waals surface area contributed by atoms with Crippen molar-refractivity contribution >= 4 is 17.8 Å². The van der Waals surface area contributed by atoms with E-state index in [9.17, 15) is 9.59 Å². The largest absolute Gasteiger partial charge is 0.454 e. The van der Waals surface area contributed by atoms with Crippen molar-refractivity contribution in [2.45, 2.75) is 32.1 Å². The Bertz CT molecular complexity index is 1370. The van der Waals surface area contributed by atoms with Crippen LogP contribution in [0.4, 0.5) is 0 Å². The lowest BCUT2D eigenvalue weighted by Gasteiger charge is -2.26. The Morgan fingerprint density at radius 3 is 2.44 bits per heavy atom.